The maximum Gasteiger partial charge on any atom is 0.324 e. The smallest absolute Gasteiger partial charge is 0.324 e. The Balaban J connectivity index is 1.45. The van der Waals surface area contributed by atoms with Crippen LogP contribution in [0, 0.1) is 0 Å². The zero-order valence-corrected chi connectivity index (χ0v) is 19.4. The van der Waals surface area contributed by atoms with Gasteiger partial charge in [0.05, 0.1) is 6.04 Å². The van der Waals surface area contributed by atoms with Gasteiger partial charge in [0.25, 0.3) is 5.91 Å². The van der Waals surface area contributed by atoms with Gasteiger partial charge in [-0.1, -0.05) is 109 Å². The van der Waals surface area contributed by atoms with Gasteiger partial charge in [0.1, 0.15) is 5.25 Å². The minimum Gasteiger partial charge on any atom is -0.454 e. The van der Waals surface area contributed by atoms with E-state index < -0.39 is 11.2 Å². The maximum atomic E-state index is 13.1. The van der Waals surface area contributed by atoms with Gasteiger partial charge >= 0.3 is 5.97 Å². The SMILES string of the molecule is O=C(COC(=O)[C@H](Sc1ccccc1)c1ccccc1)NC(c1ccccc1)c1ccccc1. The number of ether oxygens (including phenoxy) is 1. The number of carbonyl (C=O) groups excluding carboxylic acids is 2. The van der Waals surface area contributed by atoms with Crippen LogP contribution in [0.25, 0.3) is 0 Å². The van der Waals surface area contributed by atoms with E-state index in [1.165, 1.54) is 11.8 Å². The molecule has 1 atom stereocenters. The molecule has 34 heavy (non-hydrogen) atoms. The van der Waals surface area contributed by atoms with E-state index in [-0.39, 0.29) is 18.6 Å². The third-order valence-electron chi connectivity index (χ3n) is 5.23. The van der Waals surface area contributed by atoms with Crippen molar-refractivity contribution >= 4 is 23.6 Å². The first kappa shape index (κ1) is 23.3. The molecule has 0 aliphatic carbocycles. The van der Waals surface area contributed by atoms with Crippen LogP contribution in [0.1, 0.15) is 28.0 Å². The van der Waals surface area contributed by atoms with E-state index >= 15 is 0 Å². The number of amides is 1. The zero-order valence-electron chi connectivity index (χ0n) is 18.5. The van der Waals surface area contributed by atoms with Crippen molar-refractivity contribution in [3.8, 4) is 0 Å². The molecule has 0 unspecified atom stereocenters. The van der Waals surface area contributed by atoms with Crippen molar-refractivity contribution in [3.05, 3.63) is 138 Å². The highest BCUT2D eigenvalue weighted by Gasteiger charge is 2.25. The number of hydrogen-bond donors (Lipinski definition) is 1. The third kappa shape index (κ3) is 6.36. The van der Waals surface area contributed by atoms with Crippen LogP contribution >= 0.6 is 11.8 Å². The van der Waals surface area contributed by atoms with E-state index in [2.05, 4.69) is 5.32 Å². The molecule has 0 saturated carbocycles. The molecule has 4 aromatic rings. The lowest BCUT2D eigenvalue weighted by molar-refractivity contribution is -0.148. The summed E-state index contributed by atoms with van der Waals surface area (Å²) in [6.07, 6.45) is 0. The molecule has 0 aliphatic heterocycles. The van der Waals surface area contributed by atoms with Crippen LogP contribution in [0.2, 0.25) is 0 Å². The Morgan fingerprint density at radius 1 is 0.647 bits per heavy atom. The number of esters is 1. The fourth-order valence-corrected chi connectivity index (χ4v) is 4.62. The number of rotatable bonds is 9. The topological polar surface area (TPSA) is 55.4 Å². The Labute approximate surface area is 204 Å². The van der Waals surface area contributed by atoms with E-state index in [9.17, 15) is 9.59 Å². The average molecular weight is 468 g/mol. The van der Waals surface area contributed by atoms with Gasteiger partial charge < -0.3 is 10.1 Å². The molecular weight excluding hydrogens is 442 g/mol. The zero-order chi connectivity index (χ0) is 23.6. The second-order valence-corrected chi connectivity index (χ2v) is 8.83. The van der Waals surface area contributed by atoms with E-state index in [1.807, 2.05) is 121 Å². The highest BCUT2D eigenvalue weighted by atomic mass is 32.2. The monoisotopic (exact) mass is 467 g/mol. The van der Waals surface area contributed by atoms with Crippen LogP contribution in [0.3, 0.4) is 0 Å². The Hall–Kier alpha value is -3.83. The number of nitrogens with one attached hydrogen (secondary N) is 1. The minimum atomic E-state index is -0.574. The summed E-state index contributed by atoms with van der Waals surface area (Å²) in [6.45, 7) is -0.353. The lowest BCUT2D eigenvalue weighted by atomic mass is 9.99. The second-order valence-electron chi connectivity index (χ2n) is 7.65. The van der Waals surface area contributed by atoms with Crippen LogP contribution in [-0.4, -0.2) is 18.5 Å². The largest absolute Gasteiger partial charge is 0.454 e. The van der Waals surface area contributed by atoms with Crippen molar-refractivity contribution in [2.45, 2.75) is 16.2 Å². The van der Waals surface area contributed by atoms with Crippen LogP contribution in [0.4, 0.5) is 0 Å². The van der Waals surface area contributed by atoms with E-state index in [0.29, 0.717) is 0 Å². The van der Waals surface area contributed by atoms with Gasteiger partial charge in [0.2, 0.25) is 0 Å². The maximum absolute atomic E-state index is 13.1. The third-order valence-corrected chi connectivity index (χ3v) is 6.47. The molecule has 0 saturated heterocycles. The molecule has 1 N–H and O–H groups in total. The van der Waals surface area contributed by atoms with Crippen molar-refractivity contribution in [2.24, 2.45) is 0 Å². The number of hydrogen-bond acceptors (Lipinski definition) is 4. The first-order valence-electron chi connectivity index (χ1n) is 11.0. The molecule has 0 spiro atoms. The fourth-order valence-electron chi connectivity index (χ4n) is 3.58. The van der Waals surface area contributed by atoms with Gasteiger partial charge in [0, 0.05) is 4.90 Å². The van der Waals surface area contributed by atoms with Crippen LogP contribution in [-0.2, 0) is 14.3 Å². The second kappa shape index (κ2) is 11.9. The van der Waals surface area contributed by atoms with E-state index in [4.69, 9.17) is 4.74 Å². The summed E-state index contributed by atoms with van der Waals surface area (Å²) >= 11 is 1.40. The van der Waals surface area contributed by atoms with Gasteiger partial charge in [0.15, 0.2) is 6.61 Å². The molecule has 0 aliphatic rings. The quantitative estimate of drug-likeness (QED) is 0.243. The number of carbonyl (C=O) groups is 2. The molecule has 4 aromatic carbocycles. The van der Waals surface area contributed by atoms with Gasteiger partial charge in [-0.15, -0.1) is 11.8 Å². The van der Waals surface area contributed by atoms with Crippen molar-refractivity contribution in [1.29, 1.82) is 0 Å². The number of thioether (sulfide) groups is 1. The predicted octanol–water partition coefficient (Wildman–Crippen LogP) is 5.97. The summed E-state index contributed by atoms with van der Waals surface area (Å²) < 4.78 is 5.49. The summed E-state index contributed by atoms with van der Waals surface area (Å²) in [7, 11) is 0. The van der Waals surface area contributed by atoms with Gasteiger partial charge in [-0.25, -0.2) is 0 Å². The van der Waals surface area contributed by atoms with Crippen molar-refractivity contribution in [2.75, 3.05) is 6.61 Å². The van der Waals surface area contributed by atoms with E-state index in [1.54, 1.807) is 0 Å². The molecule has 1 amide bonds. The van der Waals surface area contributed by atoms with Crippen molar-refractivity contribution < 1.29 is 14.3 Å². The van der Waals surface area contributed by atoms with Gasteiger partial charge in [-0.2, -0.15) is 0 Å². The summed E-state index contributed by atoms with van der Waals surface area (Å²) in [5.41, 5.74) is 2.73. The Morgan fingerprint density at radius 2 is 1.09 bits per heavy atom. The highest BCUT2D eigenvalue weighted by molar-refractivity contribution is 8.00. The summed E-state index contributed by atoms with van der Waals surface area (Å²) in [6, 6.07) is 38.3. The molecule has 0 aromatic heterocycles. The Bertz CT molecular complexity index is 1150. The first-order valence-corrected chi connectivity index (χ1v) is 11.9. The highest BCUT2D eigenvalue weighted by Crippen LogP contribution is 2.36. The number of benzene rings is 4. The summed E-state index contributed by atoms with van der Waals surface area (Å²) in [5.74, 6) is -0.811. The van der Waals surface area contributed by atoms with Gasteiger partial charge in [-0.3, -0.25) is 9.59 Å². The van der Waals surface area contributed by atoms with E-state index in [0.717, 1.165) is 21.6 Å². The lowest BCUT2D eigenvalue weighted by Gasteiger charge is -2.20. The molecule has 4 nitrogen and oxygen atoms in total. The normalized spacial score (nSPS) is 11.6. The summed E-state index contributed by atoms with van der Waals surface area (Å²) in [5, 5.41) is 2.44. The summed E-state index contributed by atoms with van der Waals surface area (Å²) in [4.78, 5) is 26.8. The van der Waals surface area contributed by atoms with Crippen LogP contribution in [0.5, 0.6) is 0 Å². The molecule has 170 valence electrons. The van der Waals surface area contributed by atoms with Crippen LogP contribution < -0.4 is 5.32 Å². The lowest BCUT2D eigenvalue weighted by Crippen LogP contribution is -2.33. The first-order chi connectivity index (χ1) is 16.7. The predicted molar refractivity (Wildman–Crippen MR) is 135 cm³/mol. The molecular formula is C29H25NO3S. The molecule has 4 rings (SSSR count). The minimum absolute atomic E-state index is 0.336. The average Bonchev–Trinajstić information content (AvgIpc) is 2.91. The standard InChI is InChI=1S/C29H25NO3S/c31-26(30-27(22-13-5-1-6-14-22)23-15-7-2-8-16-23)21-33-29(32)28(24-17-9-3-10-18-24)34-25-19-11-4-12-20-25/h1-20,27-28H,21H2,(H,30,31)/t28-/m1/s1. The molecule has 0 fully saturated rings. The Kier molecular flexibility index (Phi) is 8.14. The van der Waals surface area contributed by atoms with Crippen molar-refractivity contribution in [1.82, 2.24) is 5.32 Å². The molecule has 0 bridgehead atoms. The van der Waals surface area contributed by atoms with Gasteiger partial charge in [-0.05, 0) is 28.8 Å². The van der Waals surface area contributed by atoms with Crippen molar-refractivity contribution in [3.63, 3.8) is 0 Å². The molecule has 0 radical (unpaired) electrons. The Morgan fingerprint density at radius 3 is 1.59 bits per heavy atom. The fraction of sp³-hybridized carbons (Fsp3) is 0.103. The molecule has 0 heterocycles. The van der Waals surface area contributed by atoms with Crippen LogP contribution in [0.15, 0.2) is 126 Å². The molecule has 5 heteroatoms.